The lowest BCUT2D eigenvalue weighted by atomic mass is 10.0. The van der Waals surface area contributed by atoms with Gasteiger partial charge in [0.05, 0.1) is 4.92 Å². The molecule has 1 amide bonds. The summed E-state index contributed by atoms with van der Waals surface area (Å²) in [5.74, 6) is 0.681. The Morgan fingerprint density at radius 3 is 2.75 bits per heavy atom. The van der Waals surface area contributed by atoms with E-state index in [9.17, 15) is 14.9 Å². The first-order chi connectivity index (χ1) is 11.4. The lowest BCUT2D eigenvalue weighted by Crippen LogP contribution is -2.57. The van der Waals surface area contributed by atoms with E-state index in [0.717, 1.165) is 0 Å². The molecule has 24 heavy (non-hydrogen) atoms. The average Bonchev–Trinajstić information content (AvgIpc) is 3.02. The highest BCUT2D eigenvalue weighted by Gasteiger charge is 2.38. The maximum absolute atomic E-state index is 12.7. The molecule has 0 aliphatic carbocycles. The van der Waals surface area contributed by atoms with Gasteiger partial charge < -0.3 is 9.80 Å². The number of rotatable bonds is 3. The van der Waals surface area contributed by atoms with Crippen LogP contribution in [0.3, 0.4) is 0 Å². The SMILES string of the molecule is C[C@@H]1CN(C(=O)C2(C)C=CC=N2)CCN1c1ccc([N+](=O)[O-])cn1. The largest absolute Gasteiger partial charge is 0.350 e. The number of piperazine rings is 1. The molecular weight excluding hydrogens is 310 g/mol. The van der Waals surface area contributed by atoms with Gasteiger partial charge in [0.25, 0.3) is 11.6 Å². The summed E-state index contributed by atoms with van der Waals surface area (Å²) in [7, 11) is 0. The number of hydrogen-bond donors (Lipinski definition) is 0. The predicted molar refractivity (Wildman–Crippen MR) is 90.3 cm³/mol. The van der Waals surface area contributed by atoms with Crippen molar-refractivity contribution in [1.82, 2.24) is 9.88 Å². The average molecular weight is 329 g/mol. The zero-order valence-electron chi connectivity index (χ0n) is 13.6. The lowest BCUT2D eigenvalue weighted by molar-refractivity contribution is -0.385. The zero-order valence-corrected chi connectivity index (χ0v) is 13.6. The fourth-order valence-corrected chi connectivity index (χ4v) is 3.06. The normalized spacial score (nSPS) is 26.0. The van der Waals surface area contributed by atoms with Crippen LogP contribution in [0, 0.1) is 10.1 Å². The Morgan fingerprint density at radius 1 is 1.42 bits per heavy atom. The minimum atomic E-state index is -0.798. The van der Waals surface area contributed by atoms with Crippen molar-refractivity contribution in [2.75, 3.05) is 24.5 Å². The van der Waals surface area contributed by atoms with E-state index < -0.39 is 10.5 Å². The molecule has 8 heteroatoms. The number of nitro groups is 1. The summed E-state index contributed by atoms with van der Waals surface area (Å²) in [6, 6.07) is 3.16. The van der Waals surface area contributed by atoms with E-state index >= 15 is 0 Å². The Kier molecular flexibility index (Phi) is 4.04. The van der Waals surface area contributed by atoms with Crippen molar-refractivity contribution >= 4 is 23.6 Å². The highest BCUT2D eigenvalue weighted by atomic mass is 16.6. The Morgan fingerprint density at radius 2 is 2.21 bits per heavy atom. The van der Waals surface area contributed by atoms with Crippen LogP contribution in [0.5, 0.6) is 0 Å². The monoisotopic (exact) mass is 329 g/mol. The Bertz CT molecular complexity index is 701. The molecule has 126 valence electrons. The van der Waals surface area contributed by atoms with Gasteiger partial charge in [-0.3, -0.25) is 19.9 Å². The van der Waals surface area contributed by atoms with Gasteiger partial charge in [0.1, 0.15) is 12.0 Å². The third-order valence-corrected chi connectivity index (χ3v) is 4.43. The molecule has 1 aromatic heterocycles. The van der Waals surface area contributed by atoms with Crippen LogP contribution in [0.25, 0.3) is 0 Å². The molecule has 0 radical (unpaired) electrons. The van der Waals surface area contributed by atoms with Crippen LogP contribution in [0.1, 0.15) is 13.8 Å². The number of aromatic nitrogens is 1. The first-order valence-electron chi connectivity index (χ1n) is 7.80. The molecule has 1 unspecified atom stereocenters. The molecular formula is C16H19N5O3. The van der Waals surface area contributed by atoms with Crippen molar-refractivity contribution in [3.63, 3.8) is 0 Å². The molecule has 0 N–H and O–H groups in total. The van der Waals surface area contributed by atoms with E-state index in [2.05, 4.69) is 14.9 Å². The van der Waals surface area contributed by atoms with Crippen molar-refractivity contribution in [1.29, 1.82) is 0 Å². The fourth-order valence-electron chi connectivity index (χ4n) is 3.06. The van der Waals surface area contributed by atoms with Crippen LogP contribution in [0.4, 0.5) is 11.5 Å². The maximum atomic E-state index is 12.7. The van der Waals surface area contributed by atoms with Crippen LogP contribution in [0.2, 0.25) is 0 Å². The number of amides is 1. The fraction of sp³-hybridized carbons (Fsp3) is 0.438. The second-order valence-corrected chi connectivity index (χ2v) is 6.21. The van der Waals surface area contributed by atoms with E-state index in [4.69, 9.17) is 0 Å². The van der Waals surface area contributed by atoms with Gasteiger partial charge in [-0.05, 0) is 32.1 Å². The van der Waals surface area contributed by atoms with E-state index in [0.29, 0.717) is 25.5 Å². The van der Waals surface area contributed by atoms with Crippen LogP contribution in [-0.2, 0) is 4.79 Å². The molecule has 1 fully saturated rings. The highest BCUT2D eigenvalue weighted by molar-refractivity contribution is 5.94. The molecule has 1 aromatic rings. The van der Waals surface area contributed by atoms with Crippen molar-refractivity contribution in [2.24, 2.45) is 4.99 Å². The summed E-state index contributed by atoms with van der Waals surface area (Å²) in [6.07, 6.45) is 6.51. The van der Waals surface area contributed by atoms with E-state index in [1.807, 2.05) is 24.8 Å². The van der Waals surface area contributed by atoms with E-state index in [-0.39, 0.29) is 17.6 Å². The lowest BCUT2D eigenvalue weighted by Gasteiger charge is -2.42. The first kappa shape index (κ1) is 16.1. The molecule has 2 atom stereocenters. The van der Waals surface area contributed by atoms with Crippen molar-refractivity contribution in [3.05, 3.63) is 40.6 Å². The van der Waals surface area contributed by atoms with Crippen LogP contribution < -0.4 is 4.90 Å². The van der Waals surface area contributed by atoms with Crippen LogP contribution in [-0.4, -0.2) is 58.1 Å². The molecule has 2 aliphatic heterocycles. The molecule has 3 rings (SSSR count). The summed E-state index contributed by atoms with van der Waals surface area (Å²) in [5, 5.41) is 10.7. The Balaban J connectivity index is 1.69. The molecule has 1 saturated heterocycles. The van der Waals surface area contributed by atoms with Gasteiger partial charge in [0.2, 0.25) is 0 Å². The summed E-state index contributed by atoms with van der Waals surface area (Å²) in [6.45, 7) is 5.58. The summed E-state index contributed by atoms with van der Waals surface area (Å²) in [4.78, 5) is 35.2. The Labute approximate surface area is 139 Å². The topological polar surface area (TPSA) is 91.9 Å². The van der Waals surface area contributed by atoms with Gasteiger partial charge in [-0.15, -0.1) is 0 Å². The standard InChI is InChI=1S/C16H19N5O3/c1-12-11-19(15(22)16(2)6-3-7-18-16)8-9-20(12)14-5-4-13(10-17-14)21(23)24/h3-7,10,12H,8-9,11H2,1-2H3/t12-,16?/m1/s1. The number of carbonyl (C=O) groups excluding carboxylic acids is 1. The number of pyridine rings is 1. The number of anilines is 1. The summed E-state index contributed by atoms with van der Waals surface area (Å²) < 4.78 is 0. The number of aliphatic imine (C=N–C) groups is 1. The maximum Gasteiger partial charge on any atom is 0.287 e. The summed E-state index contributed by atoms with van der Waals surface area (Å²) >= 11 is 0. The third kappa shape index (κ3) is 2.86. The molecule has 0 aromatic carbocycles. The van der Waals surface area contributed by atoms with E-state index in [1.54, 1.807) is 18.4 Å². The van der Waals surface area contributed by atoms with Crippen molar-refractivity contribution < 1.29 is 9.72 Å². The van der Waals surface area contributed by atoms with Crippen molar-refractivity contribution in [3.8, 4) is 0 Å². The van der Waals surface area contributed by atoms with Crippen LogP contribution in [0.15, 0.2) is 35.5 Å². The third-order valence-electron chi connectivity index (χ3n) is 4.43. The quantitative estimate of drug-likeness (QED) is 0.618. The minimum absolute atomic E-state index is 0.00402. The number of nitrogens with zero attached hydrogens (tertiary/aromatic N) is 5. The number of hydrogen-bond acceptors (Lipinski definition) is 6. The molecule has 3 heterocycles. The van der Waals surface area contributed by atoms with Gasteiger partial charge in [-0.2, -0.15) is 0 Å². The number of carbonyl (C=O) groups is 1. The van der Waals surface area contributed by atoms with Gasteiger partial charge >= 0.3 is 0 Å². The number of allylic oxidation sites excluding steroid dienone is 1. The van der Waals surface area contributed by atoms with Gasteiger partial charge in [0, 0.05) is 38.0 Å². The minimum Gasteiger partial charge on any atom is -0.350 e. The zero-order chi connectivity index (χ0) is 17.3. The smallest absolute Gasteiger partial charge is 0.287 e. The molecule has 0 spiro atoms. The highest BCUT2D eigenvalue weighted by Crippen LogP contribution is 2.24. The van der Waals surface area contributed by atoms with E-state index in [1.165, 1.54) is 12.3 Å². The van der Waals surface area contributed by atoms with Gasteiger partial charge in [-0.25, -0.2) is 4.98 Å². The summed E-state index contributed by atoms with van der Waals surface area (Å²) in [5.41, 5.74) is -0.827. The molecule has 8 nitrogen and oxygen atoms in total. The second kappa shape index (κ2) is 6.03. The van der Waals surface area contributed by atoms with Gasteiger partial charge in [0.15, 0.2) is 5.54 Å². The van der Waals surface area contributed by atoms with Gasteiger partial charge in [-0.1, -0.05) is 0 Å². The molecule has 2 aliphatic rings. The Hall–Kier alpha value is -2.77. The molecule has 0 bridgehead atoms. The molecule has 0 saturated carbocycles. The van der Waals surface area contributed by atoms with Crippen molar-refractivity contribution in [2.45, 2.75) is 25.4 Å². The predicted octanol–water partition coefficient (Wildman–Crippen LogP) is 1.43. The second-order valence-electron chi connectivity index (χ2n) is 6.21. The van der Waals surface area contributed by atoms with Crippen LogP contribution >= 0.6 is 0 Å². The first-order valence-corrected chi connectivity index (χ1v) is 7.80.